The van der Waals surface area contributed by atoms with Gasteiger partial charge < -0.3 is 15.0 Å². The minimum absolute atomic E-state index is 0.0135. The molecule has 0 aliphatic heterocycles. The van der Waals surface area contributed by atoms with Gasteiger partial charge in [-0.05, 0) is 40.7 Å². The number of rotatable bonds is 15. The van der Waals surface area contributed by atoms with Crippen molar-refractivity contribution in [1.29, 1.82) is 0 Å². The van der Waals surface area contributed by atoms with E-state index in [9.17, 15) is 14.4 Å². The number of ketones is 2. The molecule has 0 aromatic rings. The average molecular weight is 385 g/mol. The molecule has 2 unspecified atom stereocenters. The van der Waals surface area contributed by atoms with Gasteiger partial charge in [-0.15, -0.1) is 0 Å². The highest BCUT2D eigenvalue weighted by atomic mass is 16.6. The molecule has 158 valence electrons. The van der Waals surface area contributed by atoms with E-state index in [-0.39, 0.29) is 24.0 Å². The summed E-state index contributed by atoms with van der Waals surface area (Å²) in [6.07, 6.45) is 8.32. The van der Waals surface area contributed by atoms with Crippen molar-refractivity contribution in [2.24, 2.45) is 5.92 Å². The summed E-state index contributed by atoms with van der Waals surface area (Å²) >= 11 is 0. The molecule has 0 saturated heterocycles. The van der Waals surface area contributed by atoms with Gasteiger partial charge in [-0.2, -0.15) is 0 Å². The molecule has 6 heteroatoms. The van der Waals surface area contributed by atoms with Crippen molar-refractivity contribution >= 4 is 17.7 Å². The number of likely N-dealkylation sites (N-methyl/N-ethyl adjacent to an activating group) is 2. The Morgan fingerprint density at radius 1 is 1.00 bits per heavy atom. The van der Waals surface area contributed by atoms with Crippen LogP contribution in [0.1, 0.15) is 79.1 Å². The zero-order valence-electron chi connectivity index (χ0n) is 18.2. The van der Waals surface area contributed by atoms with Crippen molar-refractivity contribution in [3.63, 3.8) is 0 Å². The summed E-state index contributed by atoms with van der Waals surface area (Å²) in [6.45, 7) is 7.65. The van der Waals surface area contributed by atoms with Crippen molar-refractivity contribution in [2.75, 3.05) is 27.2 Å². The Bertz CT molecular complexity index is 467. The van der Waals surface area contributed by atoms with Crippen LogP contribution in [0.3, 0.4) is 0 Å². The van der Waals surface area contributed by atoms with Gasteiger partial charge in [-0.1, -0.05) is 45.4 Å². The number of nitrogens with one attached hydrogen (secondary N) is 1. The van der Waals surface area contributed by atoms with Gasteiger partial charge in [-0.3, -0.25) is 9.59 Å². The van der Waals surface area contributed by atoms with E-state index in [2.05, 4.69) is 5.32 Å². The Kier molecular flexibility index (Phi) is 13.0. The molecular weight excluding hydrogens is 344 g/mol. The lowest BCUT2D eigenvalue weighted by molar-refractivity contribution is -0.123. The molecule has 1 amide bonds. The van der Waals surface area contributed by atoms with Crippen LogP contribution in [0, 0.1) is 5.92 Å². The van der Waals surface area contributed by atoms with Crippen LogP contribution in [-0.4, -0.2) is 55.3 Å². The Morgan fingerprint density at radius 3 is 2.00 bits per heavy atom. The largest absolute Gasteiger partial charge is 0.449 e. The van der Waals surface area contributed by atoms with E-state index < -0.39 is 11.6 Å². The highest BCUT2D eigenvalue weighted by Gasteiger charge is 2.31. The minimum Gasteiger partial charge on any atom is -0.449 e. The first-order chi connectivity index (χ1) is 12.6. The molecule has 0 heterocycles. The average Bonchev–Trinajstić information content (AvgIpc) is 2.62. The predicted molar refractivity (Wildman–Crippen MR) is 109 cm³/mol. The third-order valence-electron chi connectivity index (χ3n) is 5.39. The Morgan fingerprint density at radius 2 is 1.52 bits per heavy atom. The highest BCUT2D eigenvalue weighted by Crippen LogP contribution is 2.13. The molecule has 0 fully saturated rings. The fourth-order valence-corrected chi connectivity index (χ4v) is 2.81. The summed E-state index contributed by atoms with van der Waals surface area (Å²) in [6, 6.07) is 0. The number of amides is 1. The summed E-state index contributed by atoms with van der Waals surface area (Å²) in [5.74, 6) is 0.465. The summed E-state index contributed by atoms with van der Waals surface area (Å²) in [7, 11) is 3.36. The summed E-state index contributed by atoms with van der Waals surface area (Å²) < 4.78 is 5.28. The van der Waals surface area contributed by atoms with Gasteiger partial charge in [0.2, 0.25) is 0 Å². The van der Waals surface area contributed by atoms with Crippen molar-refractivity contribution in [2.45, 2.75) is 84.6 Å². The molecular formula is C21H40N2O4. The van der Waals surface area contributed by atoms with E-state index in [0.717, 1.165) is 32.1 Å². The van der Waals surface area contributed by atoms with E-state index in [1.165, 1.54) is 31.1 Å². The number of carbonyl (C=O) groups excluding carboxylic acids is 3. The quantitative estimate of drug-likeness (QED) is 0.432. The van der Waals surface area contributed by atoms with E-state index in [4.69, 9.17) is 4.74 Å². The third kappa shape index (κ3) is 11.1. The van der Waals surface area contributed by atoms with Crippen molar-refractivity contribution in [1.82, 2.24) is 10.2 Å². The minimum atomic E-state index is -0.754. The molecule has 0 radical (unpaired) electrons. The zero-order chi connectivity index (χ0) is 20.9. The third-order valence-corrected chi connectivity index (χ3v) is 5.39. The molecule has 0 bridgehead atoms. The maximum atomic E-state index is 12.0. The Labute approximate surface area is 165 Å². The number of nitrogens with zero attached hydrogens (tertiary/aromatic N) is 1. The van der Waals surface area contributed by atoms with Gasteiger partial charge in [-0.25, -0.2) is 4.79 Å². The SMILES string of the molecule is CNC(C)(CN(C)C(=O)OCCCCCCCCCC(C)C(C)=O)C(C)=O. The van der Waals surface area contributed by atoms with Crippen molar-refractivity contribution in [3.8, 4) is 0 Å². The fourth-order valence-electron chi connectivity index (χ4n) is 2.81. The molecule has 0 aliphatic rings. The maximum absolute atomic E-state index is 12.0. The molecule has 0 rings (SSSR count). The second-order valence-electron chi connectivity index (χ2n) is 7.88. The number of hydrogen-bond donors (Lipinski definition) is 1. The van der Waals surface area contributed by atoms with E-state index >= 15 is 0 Å². The molecule has 0 aromatic carbocycles. The van der Waals surface area contributed by atoms with E-state index in [1.807, 2.05) is 6.92 Å². The molecule has 1 N–H and O–H groups in total. The van der Waals surface area contributed by atoms with Crippen LogP contribution in [-0.2, 0) is 14.3 Å². The number of unbranched alkanes of at least 4 members (excludes halogenated alkanes) is 6. The maximum Gasteiger partial charge on any atom is 0.409 e. The van der Waals surface area contributed by atoms with Gasteiger partial charge in [0.05, 0.1) is 12.1 Å². The first kappa shape index (κ1) is 25.6. The number of hydrogen-bond acceptors (Lipinski definition) is 5. The first-order valence-electron chi connectivity index (χ1n) is 10.2. The normalized spacial score (nSPS) is 14.3. The van der Waals surface area contributed by atoms with Crippen LogP contribution in [0.15, 0.2) is 0 Å². The smallest absolute Gasteiger partial charge is 0.409 e. The van der Waals surface area contributed by atoms with E-state index in [1.54, 1.807) is 27.9 Å². The van der Waals surface area contributed by atoms with Crippen LogP contribution in [0.2, 0.25) is 0 Å². The standard InChI is InChI=1S/C21H40N2O4/c1-17(18(2)24)14-12-10-8-7-9-11-13-15-27-20(26)23(6)16-21(4,22-5)19(3)25/h17,22H,7-16H2,1-6H3. The number of Topliss-reactive ketones (excluding diaryl/α,β-unsaturated/α-hetero) is 2. The van der Waals surface area contributed by atoms with Crippen molar-refractivity contribution in [3.05, 3.63) is 0 Å². The van der Waals surface area contributed by atoms with Crippen LogP contribution in [0.25, 0.3) is 0 Å². The first-order valence-corrected chi connectivity index (χ1v) is 10.2. The van der Waals surface area contributed by atoms with Gasteiger partial charge in [0.15, 0.2) is 5.78 Å². The highest BCUT2D eigenvalue weighted by molar-refractivity contribution is 5.86. The molecule has 0 spiro atoms. The van der Waals surface area contributed by atoms with Crippen LogP contribution < -0.4 is 5.32 Å². The van der Waals surface area contributed by atoms with Crippen LogP contribution in [0.5, 0.6) is 0 Å². The molecule has 0 aliphatic carbocycles. The van der Waals surface area contributed by atoms with Gasteiger partial charge >= 0.3 is 6.09 Å². The Hall–Kier alpha value is -1.43. The second kappa shape index (κ2) is 13.7. The lowest BCUT2D eigenvalue weighted by Crippen LogP contribution is -2.55. The van der Waals surface area contributed by atoms with Crippen molar-refractivity contribution < 1.29 is 19.1 Å². The fraction of sp³-hybridized carbons (Fsp3) is 0.857. The predicted octanol–water partition coefficient (Wildman–Crippen LogP) is 3.97. The molecule has 0 saturated carbocycles. The molecule has 0 aromatic heterocycles. The monoisotopic (exact) mass is 384 g/mol. The molecule has 6 nitrogen and oxygen atoms in total. The van der Waals surface area contributed by atoms with Gasteiger partial charge in [0.1, 0.15) is 5.78 Å². The lowest BCUT2D eigenvalue weighted by atomic mass is 9.97. The second-order valence-corrected chi connectivity index (χ2v) is 7.88. The lowest BCUT2D eigenvalue weighted by Gasteiger charge is -2.30. The topological polar surface area (TPSA) is 75.7 Å². The zero-order valence-corrected chi connectivity index (χ0v) is 18.2. The van der Waals surface area contributed by atoms with Gasteiger partial charge in [0.25, 0.3) is 0 Å². The molecule has 2 atom stereocenters. The number of ether oxygens (including phenoxy) is 1. The van der Waals surface area contributed by atoms with E-state index in [0.29, 0.717) is 6.61 Å². The van der Waals surface area contributed by atoms with Crippen LogP contribution in [0.4, 0.5) is 4.79 Å². The Balaban J connectivity index is 3.71. The number of carbonyl (C=O) groups is 3. The summed E-state index contributed by atoms with van der Waals surface area (Å²) in [4.78, 5) is 36.3. The molecule has 27 heavy (non-hydrogen) atoms. The summed E-state index contributed by atoms with van der Waals surface area (Å²) in [5.41, 5.74) is -0.754. The summed E-state index contributed by atoms with van der Waals surface area (Å²) in [5, 5.41) is 2.96. The van der Waals surface area contributed by atoms with Gasteiger partial charge in [0, 0.05) is 19.5 Å². The van der Waals surface area contributed by atoms with Crippen LogP contribution >= 0.6 is 0 Å².